The molecule has 0 saturated carbocycles. The molecule has 12 heteroatoms. The highest BCUT2D eigenvalue weighted by Gasteiger charge is 2.33. The number of carbonyl (C=O) groups is 1. The van der Waals surface area contributed by atoms with Crippen molar-refractivity contribution < 1.29 is 27.2 Å². The van der Waals surface area contributed by atoms with E-state index in [9.17, 15) is 18.0 Å². The van der Waals surface area contributed by atoms with Crippen LogP contribution in [-0.2, 0) is 11.3 Å². The molecule has 37 heavy (non-hydrogen) atoms. The zero-order valence-electron chi connectivity index (χ0n) is 20.0. The Kier molecular flexibility index (Phi) is 7.00. The van der Waals surface area contributed by atoms with E-state index < -0.39 is 6.36 Å². The fraction of sp³-hybridized carbons (Fsp3) is 0.440. The van der Waals surface area contributed by atoms with Crippen molar-refractivity contribution in [3.8, 4) is 17.1 Å². The number of hydrogen-bond donors (Lipinski definition) is 1. The molecule has 0 bridgehead atoms. The van der Waals surface area contributed by atoms with E-state index in [1.54, 1.807) is 18.3 Å². The van der Waals surface area contributed by atoms with E-state index in [0.29, 0.717) is 49.8 Å². The Balaban J connectivity index is 1.27. The number of alkyl halides is 3. The van der Waals surface area contributed by atoms with Gasteiger partial charge in [0.05, 0.1) is 6.04 Å². The molecule has 2 aliphatic heterocycles. The molecule has 4 heterocycles. The average molecular weight is 517 g/mol. The van der Waals surface area contributed by atoms with Crippen LogP contribution in [0.1, 0.15) is 43.2 Å². The van der Waals surface area contributed by atoms with Crippen LogP contribution < -0.4 is 15.4 Å². The maximum Gasteiger partial charge on any atom is 0.573 e. The topological polar surface area (TPSA) is 111 Å². The first-order valence-electron chi connectivity index (χ1n) is 12.2. The van der Waals surface area contributed by atoms with Gasteiger partial charge >= 0.3 is 6.36 Å². The van der Waals surface area contributed by atoms with E-state index in [1.165, 1.54) is 12.1 Å². The number of piperidine rings is 1. The number of carbonyl (C=O) groups excluding carboxylic acids is 1. The fourth-order valence-electron chi connectivity index (χ4n) is 4.98. The molecule has 0 radical (unpaired) electrons. The number of benzene rings is 1. The van der Waals surface area contributed by atoms with Crippen molar-refractivity contribution in [1.29, 1.82) is 0 Å². The monoisotopic (exact) mass is 516 g/mol. The van der Waals surface area contributed by atoms with Crippen LogP contribution in [-0.4, -0.2) is 51.9 Å². The molecular formula is C25H27F3N6O3. The smallest absolute Gasteiger partial charge is 0.406 e. The molecule has 1 aromatic carbocycles. The predicted octanol–water partition coefficient (Wildman–Crippen LogP) is 4.07. The minimum absolute atomic E-state index is 0.104. The summed E-state index contributed by atoms with van der Waals surface area (Å²) in [5.41, 5.74) is 6.90. The lowest BCUT2D eigenvalue weighted by Gasteiger charge is -2.31. The lowest BCUT2D eigenvalue weighted by Crippen LogP contribution is -2.38. The standard InChI is InChI=1S/C25H27F3N6O3/c26-25(27,28)36-19-4-1-3-16(13-19)15-34-10-2-5-20(34)24-31-23(32-37-24)18-6-9-30-21(14-18)33-11-7-17(8-12-33)22(29)35/h1,3-4,6,9,13-14,17,20H,2,5,7-8,10-12,15H2,(H2,29,35)/t20-/m0/s1. The Bertz CT molecular complexity index is 1240. The van der Waals surface area contributed by atoms with E-state index in [4.69, 9.17) is 10.3 Å². The van der Waals surface area contributed by atoms with Crippen LogP contribution in [0.2, 0.25) is 0 Å². The van der Waals surface area contributed by atoms with E-state index in [2.05, 4.69) is 29.7 Å². The predicted molar refractivity (Wildman–Crippen MR) is 127 cm³/mol. The molecule has 2 aromatic heterocycles. The first-order valence-corrected chi connectivity index (χ1v) is 12.2. The number of amides is 1. The van der Waals surface area contributed by atoms with Crippen molar-refractivity contribution >= 4 is 11.7 Å². The maximum atomic E-state index is 12.6. The molecule has 2 fully saturated rings. The second kappa shape index (κ2) is 10.4. The number of likely N-dealkylation sites (tertiary alicyclic amines) is 1. The summed E-state index contributed by atoms with van der Waals surface area (Å²) < 4.78 is 47.5. The summed E-state index contributed by atoms with van der Waals surface area (Å²) >= 11 is 0. The summed E-state index contributed by atoms with van der Waals surface area (Å²) in [6, 6.07) is 9.57. The molecule has 0 spiro atoms. The van der Waals surface area contributed by atoms with E-state index >= 15 is 0 Å². The molecule has 9 nitrogen and oxygen atoms in total. The summed E-state index contributed by atoms with van der Waals surface area (Å²) in [4.78, 5) is 24.8. The summed E-state index contributed by atoms with van der Waals surface area (Å²) in [7, 11) is 0. The fourth-order valence-corrected chi connectivity index (χ4v) is 4.98. The molecule has 0 unspecified atom stereocenters. The van der Waals surface area contributed by atoms with E-state index in [0.717, 1.165) is 30.8 Å². The Labute approximate surface area is 211 Å². The summed E-state index contributed by atoms with van der Waals surface area (Å²) in [5, 5.41) is 4.18. The van der Waals surface area contributed by atoms with Gasteiger partial charge in [-0.3, -0.25) is 9.69 Å². The van der Waals surface area contributed by atoms with Crippen LogP contribution in [0.5, 0.6) is 5.75 Å². The number of aromatic nitrogens is 3. The molecule has 1 atom stereocenters. The molecule has 3 aromatic rings. The summed E-state index contributed by atoms with van der Waals surface area (Å²) in [6.07, 6.45) is 0.0474. The Morgan fingerprint density at radius 1 is 1.14 bits per heavy atom. The number of halogens is 3. The number of nitrogens with two attached hydrogens (primary N) is 1. The minimum atomic E-state index is -4.73. The van der Waals surface area contributed by atoms with Crippen molar-refractivity contribution in [2.45, 2.75) is 44.6 Å². The molecule has 2 aliphatic rings. The van der Waals surface area contributed by atoms with Gasteiger partial charge in [-0.05, 0) is 62.1 Å². The van der Waals surface area contributed by atoms with Crippen molar-refractivity contribution in [3.05, 3.63) is 54.0 Å². The zero-order valence-corrected chi connectivity index (χ0v) is 20.0. The van der Waals surface area contributed by atoms with Gasteiger partial charge in [0.2, 0.25) is 17.6 Å². The van der Waals surface area contributed by atoms with Crippen molar-refractivity contribution in [2.75, 3.05) is 24.5 Å². The lowest BCUT2D eigenvalue weighted by molar-refractivity contribution is -0.274. The van der Waals surface area contributed by atoms with Gasteiger partial charge in [0.1, 0.15) is 11.6 Å². The highest BCUT2D eigenvalue weighted by atomic mass is 19.4. The Morgan fingerprint density at radius 3 is 2.70 bits per heavy atom. The minimum Gasteiger partial charge on any atom is -0.406 e. The third-order valence-electron chi connectivity index (χ3n) is 6.83. The van der Waals surface area contributed by atoms with Gasteiger partial charge in [0.25, 0.3) is 0 Å². The van der Waals surface area contributed by atoms with Gasteiger partial charge < -0.3 is 19.9 Å². The van der Waals surface area contributed by atoms with E-state index in [1.807, 2.05) is 12.1 Å². The highest BCUT2D eigenvalue weighted by Crippen LogP contribution is 2.34. The third-order valence-corrected chi connectivity index (χ3v) is 6.83. The van der Waals surface area contributed by atoms with Gasteiger partial charge in [0.15, 0.2) is 0 Å². The van der Waals surface area contributed by atoms with Crippen molar-refractivity contribution in [3.63, 3.8) is 0 Å². The number of primary amides is 1. The Morgan fingerprint density at radius 2 is 1.95 bits per heavy atom. The van der Waals surface area contributed by atoms with Crippen LogP contribution in [0.4, 0.5) is 19.0 Å². The van der Waals surface area contributed by atoms with Crippen molar-refractivity contribution in [1.82, 2.24) is 20.0 Å². The quantitative estimate of drug-likeness (QED) is 0.501. The second-order valence-electron chi connectivity index (χ2n) is 9.35. The number of pyridine rings is 1. The van der Waals surface area contributed by atoms with Gasteiger partial charge in [0, 0.05) is 37.3 Å². The first kappa shape index (κ1) is 25.0. The second-order valence-corrected chi connectivity index (χ2v) is 9.35. The van der Waals surface area contributed by atoms with Gasteiger partial charge in [-0.1, -0.05) is 17.3 Å². The van der Waals surface area contributed by atoms with Crippen LogP contribution in [0.3, 0.4) is 0 Å². The molecule has 5 rings (SSSR count). The lowest BCUT2D eigenvalue weighted by atomic mass is 9.96. The van der Waals surface area contributed by atoms with Crippen molar-refractivity contribution in [2.24, 2.45) is 11.7 Å². The number of hydrogen-bond acceptors (Lipinski definition) is 8. The first-order chi connectivity index (χ1) is 17.7. The molecule has 196 valence electrons. The normalized spacial score (nSPS) is 19.3. The molecule has 2 N–H and O–H groups in total. The van der Waals surface area contributed by atoms with Crippen LogP contribution in [0.25, 0.3) is 11.4 Å². The highest BCUT2D eigenvalue weighted by molar-refractivity contribution is 5.77. The number of nitrogens with zero attached hydrogens (tertiary/aromatic N) is 5. The largest absolute Gasteiger partial charge is 0.573 e. The molecule has 1 amide bonds. The maximum absolute atomic E-state index is 12.6. The number of anilines is 1. The van der Waals surface area contributed by atoms with Gasteiger partial charge in [-0.15, -0.1) is 13.2 Å². The van der Waals surface area contributed by atoms with Gasteiger partial charge in [-0.2, -0.15) is 4.98 Å². The summed E-state index contributed by atoms with van der Waals surface area (Å²) in [5.74, 6) is 1.08. The van der Waals surface area contributed by atoms with Crippen LogP contribution >= 0.6 is 0 Å². The Hall–Kier alpha value is -3.67. The summed E-state index contributed by atoms with van der Waals surface area (Å²) in [6.45, 7) is 2.56. The SMILES string of the molecule is NC(=O)C1CCN(c2cc(-c3noc([C@@H]4CCCN4Cc4cccc(OC(F)(F)F)c4)n3)ccn2)CC1. The van der Waals surface area contributed by atoms with Crippen LogP contribution in [0.15, 0.2) is 47.1 Å². The zero-order chi connectivity index (χ0) is 26.0. The molecule has 2 saturated heterocycles. The molecule has 0 aliphatic carbocycles. The third kappa shape index (κ3) is 6.01. The average Bonchev–Trinajstić information content (AvgIpc) is 3.53. The van der Waals surface area contributed by atoms with E-state index in [-0.39, 0.29) is 23.6 Å². The van der Waals surface area contributed by atoms with Gasteiger partial charge in [-0.25, -0.2) is 4.98 Å². The molecular weight excluding hydrogens is 489 g/mol. The van der Waals surface area contributed by atoms with Crippen LogP contribution in [0, 0.1) is 5.92 Å². The number of rotatable bonds is 7. The number of ether oxygens (including phenoxy) is 1.